The molecule has 0 aromatic heterocycles. The summed E-state index contributed by atoms with van der Waals surface area (Å²) >= 11 is 0. The number of carbonyl (C=O) groups excluding carboxylic acids is 1. The molecule has 0 unspecified atom stereocenters. The number of benzene rings is 3. The van der Waals surface area contributed by atoms with Gasteiger partial charge in [0.1, 0.15) is 6.54 Å². The zero-order chi connectivity index (χ0) is 23.5. The van der Waals surface area contributed by atoms with E-state index in [4.69, 9.17) is 0 Å². The molecular formula is C23H21F3N2O3S. The zero-order valence-corrected chi connectivity index (χ0v) is 18.2. The summed E-state index contributed by atoms with van der Waals surface area (Å²) in [4.78, 5) is 12.7. The van der Waals surface area contributed by atoms with Crippen molar-refractivity contribution in [2.24, 2.45) is 0 Å². The third-order valence-corrected chi connectivity index (χ3v) is 6.45. The van der Waals surface area contributed by atoms with E-state index in [1.807, 2.05) is 6.92 Å². The molecule has 0 aliphatic carbocycles. The predicted octanol–water partition coefficient (Wildman–Crippen LogP) is 5.16. The number of nitrogens with one attached hydrogen (secondary N) is 1. The van der Waals surface area contributed by atoms with E-state index >= 15 is 0 Å². The molecule has 3 aromatic carbocycles. The largest absolute Gasteiger partial charge is 0.416 e. The van der Waals surface area contributed by atoms with Gasteiger partial charge in [-0.3, -0.25) is 9.10 Å². The lowest BCUT2D eigenvalue weighted by atomic mass is 10.2. The fraction of sp³-hybridized carbons (Fsp3) is 0.174. The lowest BCUT2D eigenvalue weighted by Crippen LogP contribution is -2.38. The molecule has 0 atom stereocenters. The van der Waals surface area contributed by atoms with E-state index in [2.05, 4.69) is 5.32 Å². The predicted molar refractivity (Wildman–Crippen MR) is 117 cm³/mol. The molecule has 0 aliphatic heterocycles. The second kappa shape index (κ2) is 9.04. The Morgan fingerprint density at radius 1 is 0.906 bits per heavy atom. The van der Waals surface area contributed by atoms with Gasteiger partial charge in [-0.25, -0.2) is 8.42 Å². The highest BCUT2D eigenvalue weighted by atomic mass is 32.2. The van der Waals surface area contributed by atoms with Crippen LogP contribution in [0.25, 0.3) is 0 Å². The third-order valence-electron chi connectivity index (χ3n) is 4.66. The highest BCUT2D eigenvalue weighted by Crippen LogP contribution is 2.31. The third kappa shape index (κ3) is 5.47. The van der Waals surface area contributed by atoms with Crippen LogP contribution in [0.3, 0.4) is 0 Å². The fourth-order valence-corrected chi connectivity index (χ4v) is 4.45. The first-order chi connectivity index (χ1) is 15.0. The average Bonchev–Trinajstić information content (AvgIpc) is 2.72. The number of hydrogen-bond acceptors (Lipinski definition) is 3. The lowest BCUT2D eigenvalue weighted by Gasteiger charge is -2.24. The molecule has 0 saturated heterocycles. The molecule has 0 radical (unpaired) electrons. The van der Waals surface area contributed by atoms with Crippen LogP contribution >= 0.6 is 0 Å². The van der Waals surface area contributed by atoms with Crippen LogP contribution in [0.2, 0.25) is 0 Å². The Morgan fingerprint density at radius 2 is 1.56 bits per heavy atom. The Hall–Kier alpha value is -3.33. The van der Waals surface area contributed by atoms with Crippen molar-refractivity contribution in [2.45, 2.75) is 24.9 Å². The minimum Gasteiger partial charge on any atom is -0.325 e. The molecule has 168 valence electrons. The number of aryl methyl sites for hydroxylation is 2. The Morgan fingerprint density at radius 3 is 2.19 bits per heavy atom. The molecule has 0 aliphatic rings. The summed E-state index contributed by atoms with van der Waals surface area (Å²) in [5.41, 5.74) is 0.919. The van der Waals surface area contributed by atoms with Gasteiger partial charge in [0, 0.05) is 5.69 Å². The standard InChI is InChI=1S/C23H21F3N2O3S/c1-16-9-11-21(12-10-16)32(30,31)28(20-8-3-5-17(2)13-20)15-22(29)27-19-7-4-6-18(14-19)23(24,25)26/h3-14H,15H2,1-2H3,(H,27,29). The first-order valence-electron chi connectivity index (χ1n) is 9.60. The summed E-state index contributed by atoms with van der Waals surface area (Å²) in [6.45, 7) is 2.98. The summed E-state index contributed by atoms with van der Waals surface area (Å²) in [7, 11) is -4.11. The van der Waals surface area contributed by atoms with Crippen LogP contribution in [-0.2, 0) is 21.0 Å². The maximum absolute atomic E-state index is 13.3. The van der Waals surface area contributed by atoms with E-state index < -0.39 is 34.2 Å². The molecule has 3 aromatic rings. The van der Waals surface area contributed by atoms with Crippen LogP contribution < -0.4 is 9.62 Å². The second-order valence-corrected chi connectivity index (χ2v) is 9.15. The van der Waals surface area contributed by atoms with Gasteiger partial charge in [-0.05, 0) is 61.9 Å². The summed E-state index contributed by atoms with van der Waals surface area (Å²) < 4.78 is 66.4. The number of hydrogen-bond donors (Lipinski definition) is 1. The highest BCUT2D eigenvalue weighted by Gasteiger charge is 2.31. The Balaban J connectivity index is 1.93. The summed E-state index contributed by atoms with van der Waals surface area (Å²) in [6, 6.07) is 16.9. The Bertz CT molecular complexity index is 1220. The maximum Gasteiger partial charge on any atom is 0.416 e. The number of alkyl halides is 3. The first kappa shape index (κ1) is 23.3. The quantitative estimate of drug-likeness (QED) is 0.551. The maximum atomic E-state index is 13.3. The number of halogens is 3. The minimum absolute atomic E-state index is 0.00326. The smallest absolute Gasteiger partial charge is 0.325 e. The van der Waals surface area contributed by atoms with E-state index in [1.54, 1.807) is 43.3 Å². The van der Waals surface area contributed by atoms with Gasteiger partial charge in [-0.15, -0.1) is 0 Å². The van der Waals surface area contributed by atoms with E-state index in [0.717, 1.165) is 27.6 Å². The minimum atomic E-state index is -4.57. The van der Waals surface area contributed by atoms with E-state index in [-0.39, 0.29) is 16.3 Å². The van der Waals surface area contributed by atoms with Crippen LogP contribution in [0.15, 0.2) is 77.7 Å². The molecule has 1 amide bonds. The Labute approximate surface area is 184 Å². The van der Waals surface area contributed by atoms with Crippen molar-refractivity contribution < 1.29 is 26.4 Å². The van der Waals surface area contributed by atoms with Crippen molar-refractivity contribution in [3.63, 3.8) is 0 Å². The summed E-state index contributed by atoms with van der Waals surface area (Å²) in [5.74, 6) is -0.776. The number of carbonyl (C=O) groups is 1. The molecule has 9 heteroatoms. The molecule has 0 saturated carbocycles. The number of anilines is 2. The van der Waals surface area contributed by atoms with Crippen molar-refractivity contribution in [2.75, 3.05) is 16.2 Å². The van der Waals surface area contributed by atoms with Gasteiger partial charge in [0.2, 0.25) is 5.91 Å². The fourth-order valence-electron chi connectivity index (χ4n) is 3.04. The van der Waals surface area contributed by atoms with Crippen LogP contribution in [0.1, 0.15) is 16.7 Å². The number of nitrogens with zero attached hydrogens (tertiary/aromatic N) is 1. The van der Waals surface area contributed by atoms with Crippen molar-refractivity contribution >= 4 is 27.3 Å². The van der Waals surface area contributed by atoms with E-state index in [9.17, 15) is 26.4 Å². The van der Waals surface area contributed by atoms with Crippen LogP contribution in [0.4, 0.5) is 24.5 Å². The molecule has 0 bridgehead atoms. The normalized spacial score (nSPS) is 11.8. The van der Waals surface area contributed by atoms with Gasteiger partial charge in [0.05, 0.1) is 16.1 Å². The van der Waals surface area contributed by atoms with E-state index in [0.29, 0.717) is 0 Å². The topological polar surface area (TPSA) is 66.5 Å². The second-order valence-electron chi connectivity index (χ2n) is 7.29. The average molecular weight is 462 g/mol. The summed E-state index contributed by atoms with van der Waals surface area (Å²) in [5, 5.41) is 2.36. The molecule has 0 fully saturated rings. The molecule has 32 heavy (non-hydrogen) atoms. The van der Waals surface area contributed by atoms with Crippen molar-refractivity contribution in [1.82, 2.24) is 0 Å². The molecule has 3 rings (SSSR count). The number of sulfonamides is 1. The van der Waals surface area contributed by atoms with Gasteiger partial charge in [-0.1, -0.05) is 35.9 Å². The van der Waals surface area contributed by atoms with Gasteiger partial charge >= 0.3 is 6.18 Å². The zero-order valence-electron chi connectivity index (χ0n) is 17.3. The van der Waals surface area contributed by atoms with Gasteiger partial charge < -0.3 is 5.32 Å². The van der Waals surface area contributed by atoms with E-state index in [1.165, 1.54) is 24.3 Å². The molecule has 5 nitrogen and oxygen atoms in total. The number of rotatable bonds is 6. The summed E-state index contributed by atoms with van der Waals surface area (Å²) in [6.07, 6.45) is -4.57. The van der Waals surface area contributed by atoms with Gasteiger partial charge in [0.25, 0.3) is 10.0 Å². The van der Waals surface area contributed by atoms with Crippen LogP contribution in [0.5, 0.6) is 0 Å². The monoisotopic (exact) mass is 462 g/mol. The first-order valence-corrected chi connectivity index (χ1v) is 11.0. The van der Waals surface area contributed by atoms with Crippen molar-refractivity contribution in [3.05, 3.63) is 89.5 Å². The molecule has 0 heterocycles. The molecule has 1 N–H and O–H groups in total. The van der Waals surface area contributed by atoms with Gasteiger partial charge in [0.15, 0.2) is 0 Å². The molecule has 0 spiro atoms. The van der Waals surface area contributed by atoms with Crippen LogP contribution in [-0.4, -0.2) is 20.9 Å². The number of amides is 1. The lowest BCUT2D eigenvalue weighted by molar-refractivity contribution is -0.137. The van der Waals surface area contributed by atoms with Crippen LogP contribution in [0, 0.1) is 13.8 Å². The highest BCUT2D eigenvalue weighted by molar-refractivity contribution is 7.92. The van der Waals surface area contributed by atoms with Gasteiger partial charge in [-0.2, -0.15) is 13.2 Å². The Kier molecular flexibility index (Phi) is 6.59. The van der Waals surface area contributed by atoms with Crippen molar-refractivity contribution in [1.29, 1.82) is 0 Å². The SMILES string of the molecule is Cc1ccc(S(=O)(=O)N(CC(=O)Nc2cccc(C(F)(F)F)c2)c2cccc(C)c2)cc1. The van der Waals surface area contributed by atoms with Crippen molar-refractivity contribution in [3.8, 4) is 0 Å². The molecular weight excluding hydrogens is 441 g/mol.